The highest BCUT2D eigenvalue weighted by molar-refractivity contribution is 6.16. The van der Waals surface area contributed by atoms with Gasteiger partial charge in [-0.2, -0.15) is 0 Å². The first-order valence-electron chi connectivity index (χ1n) is 10.6. The van der Waals surface area contributed by atoms with Crippen molar-refractivity contribution >= 4 is 23.3 Å². The first-order chi connectivity index (χ1) is 16.0. The van der Waals surface area contributed by atoms with Gasteiger partial charge < -0.3 is 20.7 Å². The van der Waals surface area contributed by atoms with E-state index < -0.39 is 0 Å². The van der Waals surface area contributed by atoms with Gasteiger partial charge in [-0.1, -0.05) is 24.8 Å². The van der Waals surface area contributed by atoms with Crippen molar-refractivity contribution in [3.05, 3.63) is 78.8 Å². The third kappa shape index (κ3) is 5.15. The van der Waals surface area contributed by atoms with E-state index in [1.54, 1.807) is 23.2 Å². The van der Waals surface area contributed by atoms with Crippen molar-refractivity contribution in [2.24, 2.45) is 0 Å². The van der Waals surface area contributed by atoms with Crippen molar-refractivity contribution in [3.8, 4) is 11.6 Å². The molecule has 4 N–H and O–H groups in total. The van der Waals surface area contributed by atoms with Crippen LogP contribution in [-0.4, -0.2) is 50.6 Å². The third-order valence-corrected chi connectivity index (χ3v) is 5.37. The van der Waals surface area contributed by atoms with Crippen LogP contribution in [0.4, 0.5) is 11.6 Å². The third-order valence-electron chi connectivity index (χ3n) is 5.37. The molecule has 1 aromatic carbocycles. The van der Waals surface area contributed by atoms with E-state index in [-0.39, 0.29) is 23.5 Å². The van der Waals surface area contributed by atoms with E-state index in [0.717, 1.165) is 12.8 Å². The number of hydrogen-bond acceptors (Lipinski definition) is 8. The molecule has 0 aliphatic carbocycles. The lowest BCUT2D eigenvalue weighted by Gasteiger charge is -2.33. The molecule has 1 fully saturated rings. The van der Waals surface area contributed by atoms with Crippen LogP contribution in [0.15, 0.2) is 67.6 Å². The Balaban J connectivity index is 1.52. The minimum Gasteiger partial charge on any atom is -0.439 e. The summed E-state index contributed by atoms with van der Waals surface area (Å²) in [5.41, 5.74) is 7.22. The van der Waals surface area contributed by atoms with Crippen molar-refractivity contribution in [1.29, 1.82) is 5.41 Å². The van der Waals surface area contributed by atoms with Gasteiger partial charge in [0.1, 0.15) is 23.7 Å². The zero-order valence-corrected chi connectivity index (χ0v) is 18.1. The molecule has 3 heterocycles. The number of nitrogens with zero attached hydrogens (tertiary/aromatic N) is 4. The summed E-state index contributed by atoms with van der Waals surface area (Å²) in [4.78, 5) is 26.5. The van der Waals surface area contributed by atoms with Crippen LogP contribution >= 0.6 is 0 Å². The minimum absolute atomic E-state index is 0.0247. The maximum absolute atomic E-state index is 12.0. The summed E-state index contributed by atoms with van der Waals surface area (Å²) in [6.45, 7) is 4.78. The van der Waals surface area contributed by atoms with Gasteiger partial charge in [-0.3, -0.25) is 10.2 Å². The molecule has 3 aromatic rings. The zero-order chi connectivity index (χ0) is 23.2. The quantitative estimate of drug-likeness (QED) is 0.377. The molecule has 0 bridgehead atoms. The summed E-state index contributed by atoms with van der Waals surface area (Å²) in [5.74, 6) is 1.64. The smallest absolute Gasteiger partial charge is 0.246 e. The monoisotopic (exact) mass is 443 g/mol. The number of hydrogen-bond donors (Lipinski definition) is 3. The Morgan fingerprint density at radius 2 is 2.03 bits per heavy atom. The van der Waals surface area contributed by atoms with Crippen LogP contribution in [0.2, 0.25) is 0 Å². The number of anilines is 2. The average Bonchev–Trinajstić information content (AvgIpc) is 2.84. The molecule has 9 heteroatoms. The molecule has 0 saturated carbocycles. The number of rotatable bonds is 7. The van der Waals surface area contributed by atoms with Gasteiger partial charge in [0.2, 0.25) is 11.8 Å². The van der Waals surface area contributed by atoms with Crippen LogP contribution < -0.4 is 15.8 Å². The van der Waals surface area contributed by atoms with Crippen LogP contribution in [0, 0.1) is 5.41 Å². The Labute approximate surface area is 191 Å². The van der Waals surface area contributed by atoms with E-state index in [1.807, 2.05) is 30.3 Å². The molecule has 33 heavy (non-hydrogen) atoms. The summed E-state index contributed by atoms with van der Waals surface area (Å²) in [6.07, 6.45) is 5.97. The van der Waals surface area contributed by atoms with Gasteiger partial charge in [-0.05, 0) is 37.1 Å². The summed E-state index contributed by atoms with van der Waals surface area (Å²) in [7, 11) is 0. The second kappa shape index (κ2) is 9.90. The normalized spacial score (nSPS) is 15.5. The van der Waals surface area contributed by atoms with Gasteiger partial charge in [0, 0.05) is 37.0 Å². The van der Waals surface area contributed by atoms with E-state index in [9.17, 15) is 4.79 Å². The number of nitrogens with two attached hydrogens (primary N) is 1. The first-order valence-corrected chi connectivity index (χ1v) is 10.6. The fourth-order valence-electron chi connectivity index (χ4n) is 3.71. The van der Waals surface area contributed by atoms with Gasteiger partial charge in [0.05, 0.1) is 11.3 Å². The molecular weight excluding hydrogens is 418 g/mol. The number of carbonyl (C=O) groups is 1. The summed E-state index contributed by atoms with van der Waals surface area (Å²) < 4.78 is 5.72. The van der Waals surface area contributed by atoms with Crippen molar-refractivity contribution < 1.29 is 9.53 Å². The van der Waals surface area contributed by atoms with Crippen molar-refractivity contribution in [2.75, 3.05) is 24.1 Å². The Bertz CT molecular complexity index is 1150. The number of piperidine rings is 1. The van der Waals surface area contributed by atoms with Gasteiger partial charge in [-0.25, -0.2) is 15.0 Å². The Hall–Kier alpha value is -4.27. The van der Waals surface area contributed by atoms with E-state index in [2.05, 4.69) is 26.8 Å². The highest BCUT2D eigenvalue weighted by Gasteiger charge is 2.25. The maximum atomic E-state index is 12.0. The first kappa shape index (κ1) is 21.9. The van der Waals surface area contributed by atoms with Crippen LogP contribution in [-0.2, 0) is 4.79 Å². The number of benzene rings is 1. The fraction of sp³-hybridized carbons (Fsp3) is 0.208. The molecule has 1 saturated heterocycles. The Morgan fingerprint density at radius 1 is 1.21 bits per heavy atom. The summed E-state index contributed by atoms with van der Waals surface area (Å²) in [6, 6.07) is 12.8. The van der Waals surface area contributed by atoms with Crippen LogP contribution in [0.3, 0.4) is 0 Å². The second-order valence-corrected chi connectivity index (χ2v) is 7.63. The fourth-order valence-corrected chi connectivity index (χ4v) is 3.71. The number of nitrogen functional groups attached to an aromatic ring is 1. The van der Waals surface area contributed by atoms with Crippen molar-refractivity contribution in [3.63, 3.8) is 0 Å². The zero-order valence-electron chi connectivity index (χ0n) is 18.1. The van der Waals surface area contributed by atoms with Crippen molar-refractivity contribution in [2.45, 2.75) is 18.9 Å². The van der Waals surface area contributed by atoms with E-state index in [1.165, 1.54) is 12.4 Å². The number of pyridine rings is 1. The number of amides is 1. The number of likely N-dealkylation sites (tertiary alicyclic amines) is 1. The SMILES string of the molecule is C=CC(=O)N1CCCC(Nc2ncnc(N)c2C(=N)c2ccc(Oc3ccccc3)nc2)C1. The van der Waals surface area contributed by atoms with E-state index in [4.69, 9.17) is 15.9 Å². The predicted octanol–water partition coefficient (Wildman–Crippen LogP) is 3.25. The molecule has 1 aliphatic rings. The molecule has 168 valence electrons. The lowest BCUT2D eigenvalue weighted by Crippen LogP contribution is -2.44. The number of nitrogens with one attached hydrogen (secondary N) is 2. The van der Waals surface area contributed by atoms with Gasteiger partial charge in [-0.15, -0.1) is 0 Å². The molecule has 9 nitrogen and oxygen atoms in total. The second-order valence-electron chi connectivity index (χ2n) is 7.63. The number of para-hydroxylation sites is 1. The highest BCUT2D eigenvalue weighted by atomic mass is 16.5. The highest BCUT2D eigenvalue weighted by Crippen LogP contribution is 2.25. The minimum atomic E-state index is -0.0967. The summed E-state index contributed by atoms with van der Waals surface area (Å²) >= 11 is 0. The van der Waals surface area contributed by atoms with Gasteiger partial charge in [0.15, 0.2) is 0 Å². The molecule has 1 atom stereocenters. The average molecular weight is 444 g/mol. The number of carbonyl (C=O) groups excluding carboxylic acids is 1. The van der Waals surface area contributed by atoms with Crippen LogP contribution in [0.1, 0.15) is 24.0 Å². The molecule has 1 aliphatic heterocycles. The molecule has 0 spiro atoms. The molecule has 1 amide bonds. The lowest BCUT2D eigenvalue weighted by molar-refractivity contribution is -0.127. The van der Waals surface area contributed by atoms with Gasteiger partial charge in [0.25, 0.3) is 0 Å². The maximum Gasteiger partial charge on any atom is 0.246 e. The van der Waals surface area contributed by atoms with Gasteiger partial charge >= 0.3 is 0 Å². The number of aromatic nitrogens is 3. The van der Waals surface area contributed by atoms with E-state index in [0.29, 0.717) is 41.7 Å². The molecule has 2 aromatic heterocycles. The molecular formula is C24H25N7O2. The standard InChI is InChI=1S/C24H25N7O2/c1-2-20(32)31-12-6-7-17(14-31)30-24-21(23(26)28-15-29-24)22(25)16-10-11-19(27-13-16)33-18-8-4-3-5-9-18/h2-5,8-11,13,15,17,25H,1,6-7,12,14H2,(H3,26,28,29,30). The predicted molar refractivity (Wildman–Crippen MR) is 127 cm³/mol. The number of ether oxygens (including phenoxy) is 1. The molecule has 4 rings (SSSR count). The molecule has 0 radical (unpaired) electrons. The largest absolute Gasteiger partial charge is 0.439 e. The van der Waals surface area contributed by atoms with E-state index >= 15 is 0 Å². The van der Waals surface area contributed by atoms with Crippen LogP contribution in [0.5, 0.6) is 11.6 Å². The Kier molecular flexibility index (Phi) is 6.58. The van der Waals surface area contributed by atoms with Crippen LogP contribution in [0.25, 0.3) is 0 Å². The molecule has 1 unspecified atom stereocenters. The lowest BCUT2D eigenvalue weighted by atomic mass is 10.0. The topological polar surface area (TPSA) is 130 Å². The van der Waals surface area contributed by atoms with Crippen molar-refractivity contribution in [1.82, 2.24) is 19.9 Å². The summed E-state index contributed by atoms with van der Waals surface area (Å²) in [5, 5.41) is 12.1. The Morgan fingerprint density at radius 3 is 2.76 bits per heavy atom.